The van der Waals surface area contributed by atoms with Crippen molar-refractivity contribution in [3.8, 4) is 28.6 Å². The minimum atomic E-state index is -0.157. The first-order valence-corrected chi connectivity index (χ1v) is 10.7. The standard InChI is InChI=1S/C26H25N5O3/c1-16-13-24(26(29-17(16)2)21-7-5-6-11-27-21)34-20-10-12-28-25(15-20)31-22-14-19(30-18(3)32)8-9-23(22)33-4/h5-15H,1-4H3,(H,28,31)(H,30,32). The number of nitrogens with one attached hydrogen (secondary N) is 2. The molecule has 0 aliphatic carbocycles. The molecule has 0 saturated heterocycles. The van der Waals surface area contributed by atoms with Crippen LogP contribution in [-0.2, 0) is 4.79 Å². The lowest BCUT2D eigenvalue weighted by Crippen LogP contribution is -2.06. The summed E-state index contributed by atoms with van der Waals surface area (Å²) in [7, 11) is 1.58. The van der Waals surface area contributed by atoms with Crippen molar-refractivity contribution in [1.82, 2.24) is 15.0 Å². The highest BCUT2D eigenvalue weighted by Crippen LogP contribution is 2.34. The second kappa shape index (κ2) is 9.99. The van der Waals surface area contributed by atoms with Crippen LogP contribution in [-0.4, -0.2) is 28.0 Å². The summed E-state index contributed by atoms with van der Waals surface area (Å²) in [5.74, 6) is 2.18. The minimum absolute atomic E-state index is 0.157. The molecular weight excluding hydrogens is 430 g/mol. The summed E-state index contributed by atoms with van der Waals surface area (Å²) in [5.41, 5.74) is 4.62. The van der Waals surface area contributed by atoms with Gasteiger partial charge in [-0.05, 0) is 61.9 Å². The number of benzene rings is 1. The summed E-state index contributed by atoms with van der Waals surface area (Å²) in [4.78, 5) is 25.0. The van der Waals surface area contributed by atoms with Crippen molar-refractivity contribution in [1.29, 1.82) is 0 Å². The topological polar surface area (TPSA) is 98.3 Å². The van der Waals surface area contributed by atoms with Gasteiger partial charge in [0.2, 0.25) is 5.91 Å². The smallest absolute Gasteiger partial charge is 0.221 e. The number of carbonyl (C=O) groups excluding carboxylic acids is 1. The van der Waals surface area contributed by atoms with Crippen LogP contribution in [0.5, 0.6) is 17.2 Å². The van der Waals surface area contributed by atoms with E-state index in [0.717, 1.165) is 17.0 Å². The predicted molar refractivity (Wildman–Crippen MR) is 132 cm³/mol. The fourth-order valence-corrected chi connectivity index (χ4v) is 3.34. The lowest BCUT2D eigenvalue weighted by atomic mass is 10.1. The maximum atomic E-state index is 11.4. The molecular formula is C26H25N5O3. The number of pyridine rings is 3. The Hall–Kier alpha value is -4.46. The highest BCUT2D eigenvalue weighted by Gasteiger charge is 2.14. The molecule has 8 nitrogen and oxygen atoms in total. The molecule has 2 N–H and O–H groups in total. The second-order valence-electron chi connectivity index (χ2n) is 7.65. The number of hydrogen-bond acceptors (Lipinski definition) is 7. The van der Waals surface area contributed by atoms with E-state index in [2.05, 4.69) is 20.6 Å². The van der Waals surface area contributed by atoms with Crippen molar-refractivity contribution < 1.29 is 14.3 Å². The van der Waals surface area contributed by atoms with Crippen LogP contribution in [0.15, 0.2) is 67.0 Å². The summed E-state index contributed by atoms with van der Waals surface area (Å²) >= 11 is 0. The average Bonchev–Trinajstić information content (AvgIpc) is 2.82. The van der Waals surface area contributed by atoms with Crippen molar-refractivity contribution in [2.75, 3.05) is 17.7 Å². The molecule has 0 atom stereocenters. The molecule has 0 aliphatic heterocycles. The number of nitrogens with zero attached hydrogens (tertiary/aromatic N) is 3. The first-order valence-electron chi connectivity index (χ1n) is 10.7. The predicted octanol–water partition coefficient (Wildman–Crippen LogP) is 5.66. The molecule has 172 valence electrons. The molecule has 0 bridgehead atoms. The highest BCUT2D eigenvalue weighted by molar-refractivity contribution is 5.89. The molecule has 0 radical (unpaired) electrons. The normalized spacial score (nSPS) is 10.5. The Labute approximate surface area is 198 Å². The van der Waals surface area contributed by atoms with E-state index in [4.69, 9.17) is 14.5 Å². The summed E-state index contributed by atoms with van der Waals surface area (Å²) in [6.45, 7) is 5.41. The van der Waals surface area contributed by atoms with E-state index in [1.807, 2.05) is 38.1 Å². The van der Waals surface area contributed by atoms with Crippen LogP contribution in [0.4, 0.5) is 17.2 Å². The number of amides is 1. The second-order valence-corrected chi connectivity index (χ2v) is 7.65. The third kappa shape index (κ3) is 5.29. The molecule has 1 aromatic carbocycles. The molecule has 1 amide bonds. The van der Waals surface area contributed by atoms with Crippen molar-refractivity contribution in [3.63, 3.8) is 0 Å². The third-order valence-electron chi connectivity index (χ3n) is 5.08. The maximum Gasteiger partial charge on any atom is 0.221 e. The Balaban J connectivity index is 1.64. The Kier molecular flexibility index (Phi) is 6.68. The van der Waals surface area contributed by atoms with Crippen LogP contribution in [0.1, 0.15) is 18.2 Å². The van der Waals surface area contributed by atoms with E-state index >= 15 is 0 Å². The SMILES string of the molecule is COc1ccc(NC(C)=O)cc1Nc1cc(Oc2cc(C)c(C)nc2-c2ccccn2)ccn1. The van der Waals surface area contributed by atoms with Crippen LogP contribution in [0, 0.1) is 13.8 Å². The van der Waals surface area contributed by atoms with Gasteiger partial charge >= 0.3 is 0 Å². The molecule has 0 saturated carbocycles. The lowest BCUT2D eigenvalue weighted by molar-refractivity contribution is -0.114. The summed E-state index contributed by atoms with van der Waals surface area (Å²) < 4.78 is 11.7. The first-order chi connectivity index (χ1) is 16.4. The summed E-state index contributed by atoms with van der Waals surface area (Å²) in [5, 5.41) is 6.00. The summed E-state index contributed by atoms with van der Waals surface area (Å²) in [6.07, 6.45) is 3.38. The Morgan fingerprint density at radius 1 is 0.941 bits per heavy atom. The van der Waals surface area contributed by atoms with Gasteiger partial charge < -0.3 is 20.1 Å². The molecule has 0 unspecified atom stereocenters. The fourth-order valence-electron chi connectivity index (χ4n) is 3.34. The molecule has 3 aromatic heterocycles. The molecule has 8 heteroatoms. The highest BCUT2D eigenvalue weighted by atomic mass is 16.5. The van der Waals surface area contributed by atoms with Crippen molar-refractivity contribution in [2.24, 2.45) is 0 Å². The summed E-state index contributed by atoms with van der Waals surface area (Å²) in [6, 6.07) is 16.5. The molecule has 4 rings (SSSR count). The van der Waals surface area contributed by atoms with E-state index in [9.17, 15) is 4.79 Å². The minimum Gasteiger partial charge on any atom is -0.495 e. The number of hydrogen-bond donors (Lipinski definition) is 2. The fraction of sp³-hybridized carbons (Fsp3) is 0.154. The van der Waals surface area contributed by atoms with Gasteiger partial charge in [0.05, 0.1) is 18.5 Å². The Morgan fingerprint density at radius 2 is 1.79 bits per heavy atom. The van der Waals surface area contributed by atoms with Gasteiger partial charge in [-0.3, -0.25) is 9.78 Å². The lowest BCUT2D eigenvalue weighted by Gasteiger charge is -2.15. The zero-order chi connectivity index (χ0) is 24.1. The number of methoxy groups -OCH3 is 1. The van der Waals surface area contributed by atoms with Crippen LogP contribution >= 0.6 is 0 Å². The number of aromatic nitrogens is 3. The van der Waals surface area contributed by atoms with Gasteiger partial charge in [0, 0.05) is 36.8 Å². The molecule has 0 aliphatic rings. The Morgan fingerprint density at radius 3 is 2.53 bits per heavy atom. The Bertz CT molecular complexity index is 1330. The van der Waals surface area contributed by atoms with Gasteiger partial charge in [0.1, 0.15) is 23.0 Å². The zero-order valence-electron chi connectivity index (χ0n) is 19.4. The molecule has 0 fully saturated rings. The van der Waals surface area contributed by atoms with Crippen molar-refractivity contribution >= 4 is 23.1 Å². The number of rotatable bonds is 7. The van der Waals surface area contributed by atoms with Crippen molar-refractivity contribution in [2.45, 2.75) is 20.8 Å². The first kappa shape index (κ1) is 22.7. The quantitative estimate of drug-likeness (QED) is 0.371. The maximum absolute atomic E-state index is 11.4. The van der Waals surface area contributed by atoms with E-state index in [0.29, 0.717) is 40.1 Å². The van der Waals surface area contributed by atoms with Crippen LogP contribution < -0.4 is 20.1 Å². The van der Waals surface area contributed by atoms with Gasteiger partial charge in [0.25, 0.3) is 0 Å². The number of carbonyl (C=O) groups is 1. The molecule has 34 heavy (non-hydrogen) atoms. The number of ether oxygens (including phenoxy) is 2. The van der Waals surface area contributed by atoms with Crippen LogP contribution in [0.3, 0.4) is 0 Å². The third-order valence-corrected chi connectivity index (χ3v) is 5.08. The largest absolute Gasteiger partial charge is 0.495 e. The van der Waals surface area contributed by atoms with Gasteiger partial charge in [-0.1, -0.05) is 6.07 Å². The number of anilines is 3. The molecule has 0 spiro atoms. The van der Waals surface area contributed by atoms with Gasteiger partial charge in [-0.15, -0.1) is 0 Å². The van der Waals surface area contributed by atoms with E-state index in [-0.39, 0.29) is 5.91 Å². The molecule has 4 aromatic rings. The van der Waals surface area contributed by atoms with Crippen LogP contribution in [0.2, 0.25) is 0 Å². The van der Waals surface area contributed by atoms with Crippen molar-refractivity contribution in [3.05, 3.63) is 78.2 Å². The van der Waals surface area contributed by atoms with E-state index < -0.39 is 0 Å². The number of aryl methyl sites for hydroxylation is 2. The average molecular weight is 456 g/mol. The van der Waals surface area contributed by atoms with Gasteiger partial charge in [-0.25, -0.2) is 9.97 Å². The van der Waals surface area contributed by atoms with Gasteiger partial charge in [0.15, 0.2) is 5.75 Å². The molecule has 3 heterocycles. The van der Waals surface area contributed by atoms with E-state index in [1.54, 1.807) is 49.8 Å². The van der Waals surface area contributed by atoms with E-state index in [1.165, 1.54) is 6.92 Å². The van der Waals surface area contributed by atoms with Gasteiger partial charge in [-0.2, -0.15) is 0 Å². The van der Waals surface area contributed by atoms with Crippen LogP contribution in [0.25, 0.3) is 11.4 Å². The monoisotopic (exact) mass is 455 g/mol. The zero-order valence-corrected chi connectivity index (χ0v) is 19.4.